The number of benzene rings is 1. The van der Waals surface area contributed by atoms with Gasteiger partial charge >= 0.3 is 0 Å². The second kappa shape index (κ2) is 5.77. The van der Waals surface area contributed by atoms with Gasteiger partial charge in [0, 0.05) is 30.9 Å². The molecule has 3 fully saturated rings. The van der Waals surface area contributed by atoms with E-state index in [9.17, 15) is 10.3 Å². The summed E-state index contributed by atoms with van der Waals surface area (Å²) in [6.07, 6.45) is 6.23. The topological polar surface area (TPSA) is 61.8 Å². The molecule has 2 saturated carbocycles. The van der Waals surface area contributed by atoms with E-state index in [0.29, 0.717) is 31.2 Å². The summed E-state index contributed by atoms with van der Waals surface area (Å²) in [5.41, 5.74) is 2.45. The van der Waals surface area contributed by atoms with E-state index >= 15 is 0 Å². The minimum atomic E-state index is -0.532. The highest BCUT2D eigenvalue weighted by molar-refractivity contribution is 5.63. The second-order valence-electron chi connectivity index (χ2n) is 10.1. The fourth-order valence-electron chi connectivity index (χ4n) is 7.22. The van der Waals surface area contributed by atoms with Gasteiger partial charge in [-0.3, -0.25) is 0 Å². The first-order valence-electron chi connectivity index (χ1n) is 11.4. The van der Waals surface area contributed by atoms with E-state index in [1.54, 1.807) is 6.07 Å². The van der Waals surface area contributed by atoms with Crippen molar-refractivity contribution < 1.29 is 19.2 Å². The zero-order valence-corrected chi connectivity index (χ0v) is 17.3. The molecule has 5 atom stereocenters. The molecule has 5 nitrogen and oxygen atoms in total. The van der Waals surface area contributed by atoms with Crippen LogP contribution in [0.4, 0.5) is 0 Å². The molecule has 5 aliphatic rings. The Labute approximate surface area is 172 Å². The van der Waals surface area contributed by atoms with Crippen LogP contribution in [0.1, 0.15) is 56.6 Å². The lowest BCUT2D eigenvalue weighted by Gasteiger charge is -2.69. The molecule has 6 rings (SSSR count). The molecule has 156 valence electrons. The highest BCUT2D eigenvalue weighted by Gasteiger charge is 2.76. The Morgan fingerprint density at radius 3 is 2.93 bits per heavy atom. The van der Waals surface area contributed by atoms with E-state index in [1.165, 1.54) is 18.4 Å². The molecule has 0 amide bonds. The third-order valence-electron chi connectivity index (χ3n) is 8.53. The van der Waals surface area contributed by atoms with Crippen LogP contribution in [0.25, 0.3) is 0 Å². The molecule has 2 aliphatic heterocycles. The molecule has 5 heteroatoms. The number of piperidine rings is 1. The molecule has 3 aliphatic carbocycles. The molecule has 1 aromatic carbocycles. The molecule has 2 bridgehead atoms. The maximum Gasteiger partial charge on any atom is 0.166 e. The Balaban J connectivity index is 1.60. The first-order valence-corrected chi connectivity index (χ1v) is 11.4. The summed E-state index contributed by atoms with van der Waals surface area (Å²) in [6, 6.07) is 3.65. The number of hydrogen-bond donors (Lipinski definition) is 1. The minimum Gasteiger partial charge on any atom is -0.632 e. The number of aromatic hydroxyl groups is 1. The number of hydrogen-bond acceptors (Lipinski definition) is 4. The second-order valence-corrected chi connectivity index (χ2v) is 10.1. The summed E-state index contributed by atoms with van der Waals surface area (Å²) < 4.78 is 13.1. The van der Waals surface area contributed by atoms with Gasteiger partial charge in [0.15, 0.2) is 11.5 Å². The third-order valence-corrected chi connectivity index (χ3v) is 8.53. The highest BCUT2D eigenvalue weighted by Crippen LogP contribution is 2.68. The van der Waals surface area contributed by atoms with Gasteiger partial charge < -0.3 is 24.4 Å². The number of phenolic OH excluding ortho intramolecular Hbond substituents is 1. The molecular formula is C24H31NO4. The minimum absolute atomic E-state index is 0.106. The largest absolute Gasteiger partial charge is 0.632 e. The van der Waals surface area contributed by atoms with Crippen molar-refractivity contribution in [2.45, 2.75) is 75.0 Å². The maximum atomic E-state index is 14.4. The standard InChI is InChI=1S/C24H31NO4/c1-3-12-28-24-9-8-15(2)22-23(24)10-11-25(27,14-16-4-5-16)19(24)13-17-6-7-18(26)21(29-22)20(17)23/h6-7,16,19,22,26H,2-5,8-14H2,1H3/t19-,22+,23+,24-,25?/m1/s1. The number of nitrogens with zero attached hydrogens (tertiary/aromatic N) is 1. The predicted molar refractivity (Wildman–Crippen MR) is 110 cm³/mol. The Bertz CT molecular complexity index is 895. The van der Waals surface area contributed by atoms with Crippen LogP contribution in [0.15, 0.2) is 24.3 Å². The van der Waals surface area contributed by atoms with Crippen LogP contribution in [0.5, 0.6) is 11.5 Å². The van der Waals surface area contributed by atoms with E-state index in [0.717, 1.165) is 43.4 Å². The van der Waals surface area contributed by atoms with Gasteiger partial charge in [0.05, 0.1) is 18.5 Å². The van der Waals surface area contributed by atoms with Gasteiger partial charge in [0.2, 0.25) is 0 Å². The molecule has 1 unspecified atom stereocenters. The average Bonchev–Trinajstić information content (AvgIpc) is 3.43. The number of likely N-dealkylation sites (tertiary alicyclic amines) is 1. The molecule has 2 heterocycles. The molecular weight excluding hydrogens is 366 g/mol. The monoisotopic (exact) mass is 397 g/mol. The van der Waals surface area contributed by atoms with Crippen LogP contribution >= 0.6 is 0 Å². The van der Waals surface area contributed by atoms with E-state index in [2.05, 4.69) is 13.5 Å². The number of phenols is 1. The third kappa shape index (κ3) is 2.11. The van der Waals surface area contributed by atoms with Crippen molar-refractivity contribution in [2.75, 3.05) is 19.7 Å². The van der Waals surface area contributed by atoms with Crippen molar-refractivity contribution >= 4 is 0 Å². The SMILES string of the molecule is C=C1CC[C@@]2(OCCC)[C@H]3Cc4ccc(O)c5c4[C@@]2(CC[N+]3([O-])CC2CC2)[C@H]1O5. The predicted octanol–water partition coefficient (Wildman–Crippen LogP) is 3.96. The van der Waals surface area contributed by atoms with Crippen molar-refractivity contribution in [3.63, 3.8) is 0 Å². The lowest BCUT2D eigenvalue weighted by Crippen LogP contribution is -2.80. The molecule has 1 spiro atoms. The molecule has 1 N–H and O–H groups in total. The maximum absolute atomic E-state index is 14.4. The number of ether oxygens (including phenoxy) is 2. The lowest BCUT2D eigenvalue weighted by atomic mass is 9.48. The van der Waals surface area contributed by atoms with Crippen LogP contribution in [0, 0.1) is 11.1 Å². The van der Waals surface area contributed by atoms with E-state index in [4.69, 9.17) is 9.47 Å². The van der Waals surface area contributed by atoms with Crippen molar-refractivity contribution in [3.8, 4) is 11.5 Å². The first kappa shape index (κ1) is 18.2. The van der Waals surface area contributed by atoms with Gasteiger partial charge in [0.25, 0.3) is 0 Å². The summed E-state index contributed by atoms with van der Waals surface area (Å²) in [6.45, 7) is 8.49. The van der Waals surface area contributed by atoms with Gasteiger partial charge in [-0.1, -0.05) is 19.6 Å². The molecule has 1 saturated heterocycles. The Hall–Kier alpha value is -1.56. The molecule has 1 aromatic rings. The van der Waals surface area contributed by atoms with E-state index < -0.39 is 5.60 Å². The summed E-state index contributed by atoms with van der Waals surface area (Å²) in [5, 5.41) is 25.0. The van der Waals surface area contributed by atoms with Crippen molar-refractivity contribution in [1.29, 1.82) is 0 Å². The first-order chi connectivity index (χ1) is 14.0. The van der Waals surface area contributed by atoms with Crippen LogP contribution in [0.2, 0.25) is 0 Å². The van der Waals surface area contributed by atoms with Gasteiger partial charge in [-0.2, -0.15) is 0 Å². The quantitative estimate of drug-likeness (QED) is 0.464. The van der Waals surface area contributed by atoms with Gasteiger partial charge in [0.1, 0.15) is 17.7 Å². The average molecular weight is 398 g/mol. The smallest absolute Gasteiger partial charge is 0.166 e. The summed E-state index contributed by atoms with van der Waals surface area (Å²) in [5.74, 6) is 1.40. The van der Waals surface area contributed by atoms with E-state index in [-0.39, 0.29) is 28.0 Å². The Morgan fingerprint density at radius 1 is 1.34 bits per heavy atom. The van der Waals surface area contributed by atoms with Gasteiger partial charge in [-0.15, -0.1) is 0 Å². The van der Waals surface area contributed by atoms with Gasteiger partial charge in [-0.05, 0) is 49.3 Å². The highest BCUT2D eigenvalue weighted by atomic mass is 16.6. The number of rotatable bonds is 5. The summed E-state index contributed by atoms with van der Waals surface area (Å²) in [4.78, 5) is 0. The summed E-state index contributed by atoms with van der Waals surface area (Å²) >= 11 is 0. The van der Waals surface area contributed by atoms with Crippen LogP contribution in [-0.4, -0.2) is 47.2 Å². The molecule has 0 aromatic heterocycles. The fourth-order valence-corrected chi connectivity index (χ4v) is 7.22. The number of quaternary nitrogens is 1. The number of hydroxylamine groups is 3. The molecule has 29 heavy (non-hydrogen) atoms. The van der Waals surface area contributed by atoms with Crippen LogP contribution in [0.3, 0.4) is 0 Å². The summed E-state index contributed by atoms with van der Waals surface area (Å²) in [7, 11) is 0. The van der Waals surface area contributed by atoms with Crippen LogP contribution < -0.4 is 4.74 Å². The Kier molecular flexibility index (Phi) is 3.63. The zero-order valence-electron chi connectivity index (χ0n) is 17.3. The Morgan fingerprint density at radius 2 is 2.17 bits per heavy atom. The lowest BCUT2D eigenvalue weighted by molar-refractivity contribution is -0.924. The normalized spacial score (nSPS) is 41.8. The van der Waals surface area contributed by atoms with E-state index in [1.807, 2.05) is 6.07 Å². The van der Waals surface area contributed by atoms with Crippen molar-refractivity contribution in [1.82, 2.24) is 0 Å². The van der Waals surface area contributed by atoms with Crippen molar-refractivity contribution in [2.24, 2.45) is 5.92 Å². The van der Waals surface area contributed by atoms with Gasteiger partial charge in [-0.25, -0.2) is 0 Å². The van der Waals surface area contributed by atoms with Crippen molar-refractivity contribution in [3.05, 3.63) is 40.6 Å². The fraction of sp³-hybridized carbons (Fsp3) is 0.667. The van der Waals surface area contributed by atoms with Crippen LogP contribution in [-0.2, 0) is 16.6 Å². The molecule has 0 radical (unpaired) electrons. The zero-order chi connectivity index (χ0) is 20.0.